The van der Waals surface area contributed by atoms with Crippen LogP contribution in [0.5, 0.6) is 0 Å². The predicted molar refractivity (Wildman–Crippen MR) is 72.4 cm³/mol. The first kappa shape index (κ1) is 13.7. The number of hydrogen-bond donors (Lipinski definition) is 1. The Hall–Kier alpha value is -3.23. The Morgan fingerprint density at radius 2 is 2.23 bits per heavy atom. The number of nitro benzene ring substituents is 1. The van der Waals surface area contributed by atoms with E-state index in [1.807, 2.05) is 0 Å². The highest BCUT2D eigenvalue weighted by atomic mass is 19.1. The highest BCUT2D eigenvalue weighted by Crippen LogP contribution is 2.22. The fourth-order valence-corrected chi connectivity index (χ4v) is 1.77. The lowest BCUT2D eigenvalue weighted by atomic mass is 10.2. The molecule has 0 unspecified atom stereocenters. The predicted octanol–water partition coefficient (Wildman–Crippen LogP) is 2.99. The Bertz CT molecular complexity index is 800. The molecule has 0 aliphatic carbocycles. The van der Waals surface area contributed by atoms with Gasteiger partial charge in [0, 0.05) is 11.8 Å². The molecule has 0 aliphatic heterocycles. The van der Waals surface area contributed by atoms with Gasteiger partial charge in [-0.05, 0) is 24.3 Å². The number of hydrogen-bond acceptors (Lipinski definition) is 7. The maximum Gasteiger partial charge on any atom is 0.306 e. The van der Waals surface area contributed by atoms with Gasteiger partial charge >= 0.3 is 5.69 Å². The summed E-state index contributed by atoms with van der Waals surface area (Å²) in [4.78, 5) is 14.0. The Morgan fingerprint density at radius 1 is 1.36 bits per heavy atom. The maximum absolute atomic E-state index is 13.2. The first-order valence-electron chi connectivity index (χ1n) is 6.18. The van der Waals surface area contributed by atoms with E-state index in [1.54, 1.807) is 12.1 Å². The van der Waals surface area contributed by atoms with Crippen molar-refractivity contribution in [2.24, 2.45) is 0 Å². The van der Waals surface area contributed by atoms with E-state index in [2.05, 4.69) is 15.5 Å². The van der Waals surface area contributed by atoms with Crippen LogP contribution in [-0.4, -0.2) is 15.1 Å². The van der Waals surface area contributed by atoms with Crippen LogP contribution < -0.4 is 5.32 Å². The number of nitrogens with one attached hydrogen (secondary N) is 1. The van der Waals surface area contributed by atoms with E-state index in [0.717, 1.165) is 12.1 Å². The van der Waals surface area contributed by atoms with E-state index in [4.69, 9.17) is 8.94 Å². The van der Waals surface area contributed by atoms with Gasteiger partial charge in [0.1, 0.15) is 0 Å². The van der Waals surface area contributed by atoms with E-state index < -0.39 is 16.4 Å². The lowest BCUT2D eigenvalue weighted by Gasteiger charge is -2.03. The van der Waals surface area contributed by atoms with Crippen molar-refractivity contribution in [2.45, 2.75) is 6.54 Å². The third-order valence-electron chi connectivity index (χ3n) is 2.80. The topological polar surface area (TPSA) is 107 Å². The van der Waals surface area contributed by atoms with E-state index in [9.17, 15) is 14.5 Å². The van der Waals surface area contributed by atoms with Gasteiger partial charge in [-0.3, -0.25) is 10.1 Å². The maximum atomic E-state index is 13.2. The second-order valence-electron chi connectivity index (χ2n) is 4.27. The number of halogens is 1. The van der Waals surface area contributed by atoms with Crippen molar-refractivity contribution < 1.29 is 18.3 Å². The van der Waals surface area contributed by atoms with Gasteiger partial charge in [-0.1, -0.05) is 5.16 Å². The molecular formula is C13H9FN4O4. The van der Waals surface area contributed by atoms with Gasteiger partial charge in [-0.25, -0.2) is 0 Å². The monoisotopic (exact) mass is 304 g/mol. The van der Waals surface area contributed by atoms with Crippen molar-refractivity contribution in [1.82, 2.24) is 10.1 Å². The molecule has 1 aromatic carbocycles. The first-order valence-corrected chi connectivity index (χ1v) is 6.18. The van der Waals surface area contributed by atoms with E-state index in [0.29, 0.717) is 17.3 Å². The second-order valence-corrected chi connectivity index (χ2v) is 4.27. The minimum atomic E-state index is -0.895. The van der Waals surface area contributed by atoms with E-state index >= 15 is 0 Å². The Morgan fingerprint density at radius 3 is 2.95 bits per heavy atom. The molecular weight excluding hydrogens is 295 g/mol. The number of furan rings is 1. The van der Waals surface area contributed by atoms with Crippen LogP contribution in [0.2, 0.25) is 0 Å². The number of rotatable bonds is 5. The summed E-state index contributed by atoms with van der Waals surface area (Å²) in [7, 11) is 0. The quantitative estimate of drug-likeness (QED) is 0.570. The molecule has 0 radical (unpaired) electrons. The number of benzene rings is 1. The summed E-state index contributed by atoms with van der Waals surface area (Å²) in [6.07, 6.45) is 1.49. The molecule has 1 N–H and O–H groups in total. The van der Waals surface area contributed by atoms with Gasteiger partial charge in [0.2, 0.25) is 17.5 Å². The molecule has 0 amide bonds. The molecule has 8 nitrogen and oxygen atoms in total. The molecule has 3 aromatic rings. The number of aromatic nitrogens is 2. The van der Waals surface area contributed by atoms with Crippen LogP contribution in [0.25, 0.3) is 11.6 Å². The highest BCUT2D eigenvalue weighted by molar-refractivity contribution is 5.52. The highest BCUT2D eigenvalue weighted by Gasteiger charge is 2.15. The van der Waals surface area contributed by atoms with Crippen molar-refractivity contribution in [1.29, 1.82) is 0 Å². The fraction of sp³-hybridized carbons (Fsp3) is 0.0769. The van der Waals surface area contributed by atoms with Gasteiger partial charge < -0.3 is 14.3 Å². The average Bonchev–Trinajstić information content (AvgIpc) is 3.17. The lowest BCUT2D eigenvalue weighted by molar-refractivity contribution is -0.387. The van der Waals surface area contributed by atoms with Crippen molar-refractivity contribution in [3.05, 3.63) is 58.4 Å². The van der Waals surface area contributed by atoms with Gasteiger partial charge in [-0.15, -0.1) is 0 Å². The summed E-state index contributed by atoms with van der Waals surface area (Å²) in [6, 6.07) is 6.88. The van der Waals surface area contributed by atoms with Crippen LogP contribution in [0.1, 0.15) is 5.89 Å². The molecule has 112 valence electrons. The Balaban J connectivity index is 1.70. The van der Waals surface area contributed by atoms with Crippen LogP contribution in [-0.2, 0) is 6.54 Å². The summed E-state index contributed by atoms with van der Waals surface area (Å²) < 4.78 is 23.4. The van der Waals surface area contributed by atoms with Gasteiger partial charge in [0.05, 0.1) is 17.7 Å². The van der Waals surface area contributed by atoms with Crippen molar-refractivity contribution in [3.63, 3.8) is 0 Å². The fourth-order valence-electron chi connectivity index (χ4n) is 1.77. The van der Waals surface area contributed by atoms with Crippen LogP contribution in [0.4, 0.5) is 15.8 Å². The summed E-state index contributed by atoms with van der Waals surface area (Å²) in [5, 5.41) is 17.3. The smallest absolute Gasteiger partial charge is 0.306 e. The van der Waals surface area contributed by atoms with Gasteiger partial charge in [-0.2, -0.15) is 9.37 Å². The summed E-state index contributed by atoms with van der Waals surface area (Å²) in [5.41, 5.74) is -0.238. The van der Waals surface area contributed by atoms with Crippen LogP contribution in [0, 0.1) is 15.9 Å². The van der Waals surface area contributed by atoms with Crippen molar-refractivity contribution in [2.75, 3.05) is 5.32 Å². The van der Waals surface area contributed by atoms with Gasteiger partial charge in [0.15, 0.2) is 5.76 Å². The summed E-state index contributed by atoms with van der Waals surface area (Å²) in [5.74, 6) is 0.131. The zero-order chi connectivity index (χ0) is 15.5. The third kappa shape index (κ3) is 2.77. The van der Waals surface area contributed by atoms with Crippen LogP contribution in [0.3, 0.4) is 0 Å². The molecule has 2 aromatic heterocycles. The molecule has 0 spiro atoms. The Kier molecular flexibility index (Phi) is 3.52. The largest absolute Gasteiger partial charge is 0.461 e. The molecule has 3 rings (SSSR count). The van der Waals surface area contributed by atoms with E-state index in [-0.39, 0.29) is 12.4 Å². The third-order valence-corrected chi connectivity index (χ3v) is 2.80. The lowest BCUT2D eigenvalue weighted by Crippen LogP contribution is -2.01. The van der Waals surface area contributed by atoms with Gasteiger partial charge in [0.25, 0.3) is 0 Å². The number of anilines is 1. The summed E-state index contributed by atoms with van der Waals surface area (Å²) in [6.45, 7) is 0.135. The van der Waals surface area contributed by atoms with E-state index in [1.165, 1.54) is 12.3 Å². The van der Waals surface area contributed by atoms with Crippen LogP contribution in [0.15, 0.2) is 45.5 Å². The molecule has 22 heavy (non-hydrogen) atoms. The molecule has 0 atom stereocenters. The second kappa shape index (κ2) is 5.64. The molecule has 0 saturated carbocycles. The standard InChI is InChI=1S/C13H9FN4O4/c14-9-4-3-8(6-10(9)18(19)20)15-7-12-16-13(17-22-12)11-2-1-5-21-11/h1-6,15H,7H2. The minimum Gasteiger partial charge on any atom is -0.461 e. The average molecular weight is 304 g/mol. The molecule has 0 fully saturated rings. The SMILES string of the molecule is O=[N+]([O-])c1cc(NCc2nc(-c3ccco3)no2)ccc1F. The summed E-state index contributed by atoms with van der Waals surface area (Å²) >= 11 is 0. The zero-order valence-electron chi connectivity index (χ0n) is 11.0. The van der Waals surface area contributed by atoms with Crippen molar-refractivity contribution >= 4 is 11.4 Å². The molecule has 0 bridgehead atoms. The number of nitro groups is 1. The molecule has 9 heteroatoms. The molecule has 2 heterocycles. The molecule has 0 saturated heterocycles. The molecule has 0 aliphatic rings. The normalized spacial score (nSPS) is 10.6. The van der Waals surface area contributed by atoms with Crippen molar-refractivity contribution in [3.8, 4) is 11.6 Å². The minimum absolute atomic E-state index is 0.135. The van der Waals surface area contributed by atoms with Crippen LogP contribution >= 0.6 is 0 Å². The Labute approximate surface area is 122 Å². The first-order chi connectivity index (χ1) is 10.6. The number of nitrogens with zero attached hydrogens (tertiary/aromatic N) is 3. The zero-order valence-corrected chi connectivity index (χ0v) is 11.0.